The zero-order valence-electron chi connectivity index (χ0n) is 11.4. The van der Waals surface area contributed by atoms with Crippen molar-refractivity contribution in [2.24, 2.45) is 5.92 Å². The highest BCUT2D eigenvalue weighted by molar-refractivity contribution is 5.20. The van der Waals surface area contributed by atoms with Gasteiger partial charge in [-0.1, -0.05) is 25.1 Å². The Balaban J connectivity index is 1.72. The highest BCUT2D eigenvalue weighted by Gasteiger charge is 2.30. The van der Waals surface area contributed by atoms with Crippen LogP contribution in [0.1, 0.15) is 13.3 Å². The zero-order valence-corrected chi connectivity index (χ0v) is 11.4. The summed E-state index contributed by atoms with van der Waals surface area (Å²) in [6, 6.07) is 9.49. The number of ether oxygens (including phenoxy) is 1. The Bertz CT molecular complexity index is 371. The fourth-order valence-electron chi connectivity index (χ4n) is 2.55. The molecule has 3 atom stereocenters. The average Bonchev–Trinajstić information content (AvgIpc) is 2.77. The summed E-state index contributed by atoms with van der Waals surface area (Å²) in [7, 11) is 0. The van der Waals surface area contributed by atoms with Gasteiger partial charge in [0.15, 0.2) is 0 Å². The number of benzene rings is 1. The van der Waals surface area contributed by atoms with E-state index in [4.69, 9.17) is 4.74 Å². The second-order valence-corrected chi connectivity index (χ2v) is 5.23. The molecule has 1 saturated heterocycles. The number of aliphatic hydroxyl groups is 2. The van der Waals surface area contributed by atoms with Gasteiger partial charge in [-0.05, 0) is 24.5 Å². The molecule has 106 valence electrons. The molecule has 0 amide bonds. The quantitative estimate of drug-likeness (QED) is 0.809. The molecular weight excluding hydrogens is 242 g/mol. The maximum absolute atomic E-state index is 9.97. The minimum absolute atomic E-state index is 0.257. The van der Waals surface area contributed by atoms with Crippen LogP contribution >= 0.6 is 0 Å². The van der Waals surface area contributed by atoms with E-state index in [0.717, 1.165) is 18.7 Å². The van der Waals surface area contributed by atoms with E-state index < -0.39 is 6.10 Å². The molecule has 1 heterocycles. The monoisotopic (exact) mass is 265 g/mol. The molecule has 19 heavy (non-hydrogen) atoms. The summed E-state index contributed by atoms with van der Waals surface area (Å²) in [4.78, 5) is 2.11. The van der Waals surface area contributed by atoms with E-state index in [1.165, 1.54) is 0 Å². The van der Waals surface area contributed by atoms with Crippen LogP contribution in [-0.4, -0.2) is 53.6 Å². The minimum Gasteiger partial charge on any atom is -0.491 e. The van der Waals surface area contributed by atoms with Crippen LogP contribution in [0.25, 0.3) is 0 Å². The largest absolute Gasteiger partial charge is 0.491 e. The zero-order chi connectivity index (χ0) is 13.7. The maximum Gasteiger partial charge on any atom is 0.119 e. The van der Waals surface area contributed by atoms with Gasteiger partial charge in [-0.25, -0.2) is 0 Å². The van der Waals surface area contributed by atoms with Gasteiger partial charge in [-0.2, -0.15) is 0 Å². The summed E-state index contributed by atoms with van der Waals surface area (Å²) in [5, 5.41) is 19.8. The number of hydrogen-bond donors (Lipinski definition) is 2. The summed E-state index contributed by atoms with van der Waals surface area (Å²) in [6.45, 7) is 4.45. The Hall–Kier alpha value is -1.10. The van der Waals surface area contributed by atoms with E-state index in [9.17, 15) is 10.2 Å². The highest BCUT2D eigenvalue weighted by atomic mass is 16.5. The first-order chi connectivity index (χ1) is 9.19. The van der Waals surface area contributed by atoms with Crippen molar-refractivity contribution in [3.63, 3.8) is 0 Å². The summed E-state index contributed by atoms with van der Waals surface area (Å²) in [5.41, 5.74) is 0. The van der Waals surface area contributed by atoms with Crippen LogP contribution in [0.3, 0.4) is 0 Å². The Morgan fingerprint density at radius 2 is 2.05 bits per heavy atom. The van der Waals surface area contributed by atoms with Gasteiger partial charge in [-0.3, -0.25) is 4.90 Å². The SMILES string of the molecule is CCC1CN(CC(O)COc2ccccc2)CC1O. The number of aliphatic hydroxyl groups excluding tert-OH is 2. The molecule has 1 aliphatic rings. The van der Waals surface area contributed by atoms with E-state index in [1.807, 2.05) is 30.3 Å². The van der Waals surface area contributed by atoms with E-state index in [2.05, 4.69) is 11.8 Å². The highest BCUT2D eigenvalue weighted by Crippen LogP contribution is 2.20. The molecule has 2 N–H and O–H groups in total. The van der Waals surface area contributed by atoms with E-state index >= 15 is 0 Å². The van der Waals surface area contributed by atoms with Crippen LogP contribution in [0, 0.1) is 5.92 Å². The first-order valence-corrected chi connectivity index (χ1v) is 6.95. The lowest BCUT2D eigenvalue weighted by Gasteiger charge is -2.20. The van der Waals surface area contributed by atoms with Crippen molar-refractivity contribution in [2.45, 2.75) is 25.6 Å². The predicted octanol–water partition coefficient (Wildman–Crippen LogP) is 1.13. The van der Waals surface area contributed by atoms with Gasteiger partial charge < -0.3 is 14.9 Å². The fraction of sp³-hybridized carbons (Fsp3) is 0.600. The number of likely N-dealkylation sites (tertiary alicyclic amines) is 1. The Kier molecular flexibility index (Phi) is 5.19. The van der Waals surface area contributed by atoms with Crippen molar-refractivity contribution in [3.8, 4) is 5.75 Å². The van der Waals surface area contributed by atoms with E-state index in [1.54, 1.807) is 0 Å². The van der Waals surface area contributed by atoms with Crippen LogP contribution in [0.15, 0.2) is 30.3 Å². The second kappa shape index (κ2) is 6.89. The van der Waals surface area contributed by atoms with Gasteiger partial charge >= 0.3 is 0 Å². The van der Waals surface area contributed by atoms with Crippen LogP contribution in [0.4, 0.5) is 0 Å². The van der Waals surface area contributed by atoms with Crippen LogP contribution in [-0.2, 0) is 0 Å². The first kappa shape index (κ1) is 14.3. The van der Waals surface area contributed by atoms with E-state index in [-0.39, 0.29) is 12.7 Å². The molecule has 2 rings (SSSR count). The van der Waals surface area contributed by atoms with Crippen molar-refractivity contribution in [1.29, 1.82) is 0 Å². The third-order valence-corrected chi connectivity index (χ3v) is 3.66. The smallest absolute Gasteiger partial charge is 0.119 e. The number of nitrogens with zero attached hydrogens (tertiary/aromatic N) is 1. The molecule has 0 bridgehead atoms. The van der Waals surface area contributed by atoms with Crippen molar-refractivity contribution in [3.05, 3.63) is 30.3 Å². The molecule has 1 aromatic carbocycles. The van der Waals surface area contributed by atoms with Crippen molar-refractivity contribution < 1.29 is 14.9 Å². The van der Waals surface area contributed by atoms with Crippen molar-refractivity contribution in [2.75, 3.05) is 26.2 Å². The summed E-state index contributed by atoms with van der Waals surface area (Å²) < 4.78 is 5.52. The molecule has 0 spiro atoms. The third kappa shape index (κ3) is 4.20. The topological polar surface area (TPSA) is 52.9 Å². The second-order valence-electron chi connectivity index (χ2n) is 5.23. The van der Waals surface area contributed by atoms with Gasteiger partial charge in [-0.15, -0.1) is 0 Å². The molecule has 0 saturated carbocycles. The number of rotatable bonds is 6. The molecule has 0 aromatic heterocycles. The van der Waals surface area contributed by atoms with E-state index in [0.29, 0.717) is 19.0 Å². The molecule has 1 fully saturated rings. The van der Waals surface area contributed by atoms with Gasteiger partial charge in [0.25, 0.3) is 0 Å². The average molecular weight is 265 g/mol. The fourth-order valence-corrected chi connectivity index (χ4v) is 2.55. The lowest BCUT2D eigenvalue weighted by atomic mass is 10.0. The van der Waals surface area contributed by atoms with Crippen LogP contribution in [0.5, 0.6) is 5.75 Å². The molecule has 1 aromatic rings. The van der Waals surface area contributed by atoms with Gasteiger partial charge in [0, 0.05) is 19.6 Å². The van der Waals surface area contributed by atoms with Gasteiger partial charge in [0.05, 0.1) is 6.10 Å². The van der Waals surface area contributed by atoms with Gasteiger partial charge in [0.2, 0.25) is 0 Å². The Morgan fingerprint density at radius 3 is 2.68 bits per heavy atom. The molecule has 3 unspecified atom stereocenters. The first-order valence-electron chi connectivity index (χ1n) is 6.95. The number of para-hydroxylation sites is 1. The molecular formula is C15H23NO3. The lowest BCUT2D eigenvalue weighted by molar-refractivity contribution is 0.0707. The van der Waals surface area contributed by atoms with Crippen molar-refractivity contribution in [1.82, 2.24) is 4.90 Å². The van der Waals surface area contributed by atoms with Crippen molar-refractivity contribution >= 4 is 0 Å². The molecule has 0 radical (unpaired) electrons. The third-order valence-electron chi connectivity index (χ3n) is 3.66. The van der Waals surface area contributed by atoms with Crippen LogP contribution in [0.2, 0.25) is 0 Å². The molecule has 4 nitrogen and oxygen atoms in total. The van der Waals surface area contributed by atoms with Crippen LogP contribution < -0.4 is 4.74 Å². The summed E-state index contributed by atoms with van der Waals surface area (Å²) >= 11 is 0. The minimum atomic E-state index is -0.525. The molecule has 0 aliphatic carbocycles. The van der Waals surface area contributed by atoms with Gasteiger partial charge in [0.1, 0.15) is 18.5 Å². The summed E-state index contributed by atoms with van der Waals surface area (Å²) in [6.07, 6.45) is 0.198. The molecule has 1 aliphatic heterocycles. The predicted molar refractivity (Wildman–Crippen MR) is 74.2 cm³/mol. The summed E-state index contributed by atoms with van der Waals surface area (Å²) in [5.74, 6) is 1.11. The number of β-amino-alcohol motifs (C(OH)–C–C–N with tert-alkyl or cyclic N) is 2. The standard InChI is InChI=1S/C15H23NO3/c1-2-12-8-16(10-15(12)18)9-13(17)11-19-14-6-4-3-5-7-14/h3-7,12-13,15,17-18H,2,8-11H2,1H3. The maximum atomic E-state index is 9.97. The number of hydrogen-bond acceptors (Lipinski definition) is 4. The normalized spacial score (nSPS) is 25.4. The Morgan fingerprint density at radius 1 is 1.32 bits per heavy atom. The lowest BCUT2D eigenvalue weighted by Crippen LogP contribution is -2.34. The Labute approximate surface area is 114 Å². The molecule has 4 heteroatoms.